The molecule has 2 nitrogen and oxygen atoms in total. The van der Waals surface area contributed by atoms with E-state index in [2.05, 4.69) is 28.7 Å². The number of aryl methyl sites for hydroxylation is 1. The molecule has 0 atom stereocenters. The average Bonchev–Trinajstić information content (AvgIpc) is 2.15. The molecule has 1 rings (SSSR count). The van der Waals surface area contributed by atoms with Crippen LogP contribution in [0.25, 0.3) is 0 Å². The van der Waals surface area contributed by atoms with Gasteiger partial charge >= 0.3 is 0 Å². The maximum absolute atomic E-state index is 11.4. The smallest absolute Gasteiger partial charge is 0.161 e. The van der Waals surface area contributed by atoms with Crippen molar-refractivity contribution in [3.63, 3.8) is 0 Å². The topological polar surface area (TPSA) is 40.9 Å². The van der Waals surface area contributed by atoms with Crippen molar-refractivity contribution < 1.29 is 4.79 Å². The van der Waals surface area contributed by atoms with E-state index in [4.69, 9.17) is 5.26 Å². The summed E-state index contributed by atoms with van der Waals surface area (Å²) < 4.78 is 0.867. The average molecular weight is 299 g/mol. The SMILES string of the molecule is CCc1cc(C#N)cc(I)c1C(C)=O. The maximum atomic E-state index is 11.4. The van der Waals surface area contributed by atoms with Gasteiger partial charge in [0, 0.05) is 9.13 Å². The third kappa shape index (κ3) is 2.13. The summed E-state index contributed by atoms with van der Waals surface area (Å²) in [6.45, 7) is 3.54. The van der Waals surface area contributed by atoms with E-state index in [1.165, 1.54) is 0 Å². The molecule has 3 heteroatoms. The lowest BCUT2D eigenvalue weighted by Gasteiger charge is -2.07. The second-order valence-corrected chi connectivity index (χ2v) is 4.18. The van der Waals surface area contributed by atoms with Crippen LogP contribution >= 0.6 is 22.6 Å². The summed E-state index contributed by atoms with van der Waals surface area (Å²) in [4.78, 5) is 11.4. The van der Waals surface area contributed by atoms with Crippen LogP contribution in [0.4, 0.5) is 0 Å². The zero-order chi connectivity index (χ0) is 10.7. The highest BCUT2D eigenvalue weighted by Gasteiger charge is 2.11. The van der Waals surface area contributed by atoms with Crippen LogP contribution < -0.4 is 0 Å². The summed E-state index contributed by atoms with van der Waals surface area (Å²) in [5, 5.41) is 8.77. The van der Waals surface area contributed by atoms with Gasteiger partial charge in [-0.05, 0) is 53.6 Å². The van der Waals surface area contributed by atoms with Crippen LogP contribution in [0.1, 0.15) is 35.3 Å². The summed E-state index contributed by atoms with van der Waals surface area (Å²) in [6.07, 6.45) is 0.778. The molecule has 14 heavy (non-hydrogen) atoms. The first-order valence-electron chi connectivity index (χ1n) is 4.33. The fourth-order valence-corrected chi connectivity index (χ4v) is 2.46. The molecule has 0 saturated carbocycles. The monoisotopic (exact) mass is 299 g/mol. The van der Waals surface area contributed by atoms with Gasteiger partial charge in [0.1, 0.15) is 0 Å². The number of hydrogen-bond acceptors (Lipinski definition) is 2. The molecule has 0 fully saturated rings. The summed E-state index contributed by atoms with van der Waals surface area (Å²) >= 11 is 2.10. The quantitative estimate of drug-likeness (QED) is 0.622. The van der Waals surface area contributed by atoms with Crippen LogP contribution in [-0.4, -0.2) is 5.78 Å². The molecule has 0 aliphatic carbocycles. The normalized spacial score (nSPS) is 9.57. The fraction of sp³-hybridized carbons (Fsp3) is 0.273. The van der Waals surface area contributed by atoms with Crippen molar-refractivity contribution in [2.45, 2.75) is 20.3 Å². The third-order valence-corrected chi connectivity index (χ3v) is 2.88. The number of rotatable bonds is 2. The molecule has 1 aromatic rings. The number of halogens is 1. The Hall–Kier alpha value is -0.890. The molecule has 0 spiro atoms. The molecule has 0 saturated heterocycles. The lowest BCUT2D eigenvalue weighted by Crippen LogP contribution is -2.03. The number of benzene rings is 1. The van der Waals surface area contributed by atoms with Gasteiger partial charge in [-0.1, -0.05) is 6.92 Å². The Morgan fingerprint density at radius 3 is 2.64 bits per heavy atom. The van der Waals surface area contributed by atoms with Crippen molar-refractivity contribution in [2.75, 3.05) is 0 Å². The van der Waals surface area contributed by atoms with Crippen LogP contribution in [0.15, 0.2) is 12.1 Å². The summed E-state index contributed by atoms with van der Waals surface area (Å²) in [6, 6.07) is 5.63. The summed E-state index contributed by atoms with van der Waals surface area (Å²) in [5.41, 5.74) is 2.34. The Bertz CT molecular complexity index is 418. The van der Waals surface area contributed by atoms with Gasteiger partial charge in [0.05, 0.1) is 11.6 Å². The van der Waals surface area contributed by atoms with Crippen molar-refractivity contribution in [1.82, 2.24) is 0 Å². The molecular formula is C11H10INO. The number of hydrogen-bond donors (Lipinski definition) is 0. The zero-order valence-electron chi connectivity index (χ0n) is 8.10. The van der Waals surface area contributed by atoms with E-state index in [0.29, 0.717) is 5.56 Å². The van der Waals surface area contributed by atoms with E-state index in [1.54, 1.807) is 19.1 Å². The second-order valence-electron chi connectivity index (χ2n) is 3.01. The lowest BCUT2D eigenvalue weighted by molar-refractivity contribution is 0.101. The first kappa shape index (κ1) is 11.2. The third-order valence-electron chi connectivity index (χ3n) is 2.03. The molecule has 0 unspecified atom stereocenters. The largest absolute Gasteiger partial charge is 0.294 e. The molecule has 0 heterocycles. The molecule has 0 bridgehead atoms. The van der Waals surface area contributed by atoms with Gasteiger partial charge in [0.2, 0.25) is 0 Å². The summed E-state index contributed by atoms with van der Waals surface area (Å²) in [7, 11) is 0. The van der Waals surface area contributed by atoms with Crippen molar-refractivity contribution in [3.8, 4) is 6.07 Å². The Kier molecular flexibility index (Phi) is 3.64. The lowest BCUT2D eigenvalue weighted by atomic mass is 10.00. The zero-order valence-corrected chi connectivity index (χ0v) is 10.3. The highest BCUT2D eigenvalue weighted by atomic mass is 127. The molecule has 0 amide bonds. The van der Waals surface area contributed by atoms with Gasteiger partial charge in [-0.2, -0.15) is 5.26 Å². The van der Waals surface area contributed by atoms with E-state index in [0.717, 1.165) is 21.1 Å². The molecule has 0 aliphatic heterocycles. The molecule has 72 valence electrons. The molecule has 0 radical (unpaired) electrons. The number of Topliss-reactive ketones (excluding diaryl/α,β-unsaturated/α-hetero) is 1. The number of nitriles is 1. The predicted molar refractivity (Wildman–Crippen MR) is 63.3 cm³/mol. The number of carbonyl (C=O) groups excluding carboxylic acids is 1. The Balaban J connectivity index is 3.44. The highest BCUT2D eigenvalue weighted by Crippen LogP contribution is 2.20. The van der Waals surface area contributed by atoms with E-state index < -0.39 is 0 Å². The van der Waals surface area contributed by atoms with E-state index in [1.807, 2.05) is 6.92 Å². The van der Waals surface area contributed by atoms with Crippen LogP contribution in [0.2, 0.25) is 0 Å². The number of nitrogens with zero attached hydrogens (tertiary/aromatic N) is 1. The van der Waals surface area contributed by atoms with Crippen LogP contribution in [0.5, 0.6) is 0 Å². The molecule has 0 N–H and O–H groups in total. The summed E-state index contributed by atoms with van der Waals surface area (Å²) in [5.74, 6) is 0.0655. The molecule has 1 aromatic carbocycles. The minimum atomic E-state index is 0.0655. The number of ketones is 1. The van der Waals surface area contributed by atoms with Gasteiger partial charge in [-0.15, -0.1) is 0 Å². The van der Waals surface area contributed by atoms with Gasteiger partial charge in [-0.25, -0.2) is 0 Å². The van der Waals surface area contributed by atoms with Crippen LogP contribution in [0, 0.1) is 14.9 Å². The second kappa shape index (κ2) is 4.56. The van der Waals surface area contributed by atoms with Gasteiger partial charge in [0.15, 0.2) is 5.78 Å². The minimum Gasteiger partial charge on any atom is -0.294 e. The van der Waals surface area contributed by atoms with Gasteiger partial charge < -0.3 is 0 Å². The first-order valence-corrected chi connectivity index (χ1v) is 5.41. The Labute approximate surface area is 97.1 Å². The van der Waals surface area contributed by atoms with Gasteiger partial charge in [0.25, 0.3) is 0 Å². The standard InChI is InChI=1S/C11H10INO/c1-3-9-4-8(6-13)5-10(12)11(9)7(2)14/h4-5H,3H2,1-2H3. The Morgan fingerprint density at radius 1 is 1.57 bits per heavy atom. The first-order chi connectivity index (χ1) is 6.60. The molecular weight excluding hydrogens is 289 g/mol. The van der Waals surface area contributed by atoms with Crippen molar-refractivity contribution in [2.24, 2.45) is 0 Å². The minimum absolute atomic E-state index is 0.0655. The fourth-order valence-electron chi connectivity index (χ4n) is 1.40. The molecule has 0 aliphatic rings. The predicted octanol–water partition coefficient (Wildman–Crippen LogP) is 2.93. The molecule has 0 aromatic heterocycles. The van der Waals surface area contributed by atoms with Crippen LogP contribution in [0.3, 0.4) is 0 Å². The van der Waals surface area contributed by atoms with E-state index >= 15 is 0 Å². The van der Waals surface area contributed by atoms with Gasteiger partial charge in [-0.3, -0.25) is 4.79 Å². The van der Waals surface area contributed by atoms with E-state index in [9.17, 15) is 4.79 Å². The number of carbonyl (C=O) groups is 1. The van der Waals surface area contributed by atoms with Crippen molar-refractivity contribution in [3.05, 3.63) is 32.4 Å². The highest BCUT2D eigenvalue weighted by molar-refractivity contribution is 14.1. The van der Waals surface area contributed by atoms with Crippen molar-refractivity contribution in [1.29, 1.82) is 5.26 Å². The van der Waals surface area contributed by atoms with Crippen molar-refractivity contribution >= 4 is 28.4 Å². The van der Waals surface area contributed by atoms with Crippen LogP contribution in [-0.2, 0) is 6.42 Å². The Morgan fingerprint density at radius 2 is 2.21 bits per heavy atom. The van der Waals surface area contributed by atoms with E-state index in [-0.39, 0.29) is 5.78 Å². The maximum Gasteiger partial charge on any atom is 0.161 e.